The van der Waals surface area contributed by atoms with E-state index >= 15 is 0 Å². The molecule has 0 saturated heterocycles. The van der Waals surface area contributed by atoms with Crippen molar-refractivity contribution in [2.24, 2.45) is 0 Å². The molecule has 0 aliphatic heterocycles. The molecule has 4 heteroatoms. The van der Waals surface area contributed by atoms with Gasteiger partial charge < -0.3 is 9.84 Å². The van der Waals surface area contributed by atoms with E-state index in [4.69, 9.17) is 4.74 Å². The van der Waals surface area contributed by atoms with Gasteiger partial charge in [0.2, 0.25) is 0 Å². The Morgan fingerprint density at radius 2 is 2.28 bits per heavy atom. The number of hydrogen-bond donors (Lipinski definition) is 1. The van der Waals surface area contributed by atoms with E-state index in [9.17, 15) is 5.11 Å². The minimum atomic E-state index is -0.603. The molecule has 1 fully saturated rings. The van der Waals surface area contributed by atoms with Crippen LogP contribution < -0.4 is 0 Å². The van der Waals surface area contributed by atoms with Gasteiger partial charge in [-0.05, 0) is 26.3 Å². The molecule has 1 atom stereocenters. The predicted molar refractivity (Wildman–Crippen MR) is 70.5 cm³/mol. The van der Waals surface area contributed by atoms with E-state index in [1.807, 2.05) is 23.9 Å². The number of ether oxygens (including phenoxy) is 1. The molecule has 102 valence electrons. The Kier molecular flexibility index (Phi) is 4.07. The first-order chi connectivity index (χ1) is 8.56. The lowest BCUT2D eigenvalue weighted by atomic mass is 9.74. The molecular weight excluding hydrogens is 228 g/mol. The van der Waals surface area contributed by atoms with E-state index in [1.165, 1.54) is 0 Å². The Labute approximate surface area is 109 Å². The third-order valence-corrected chi connectivity index (χ3v) is 3.83. The number of hydrogen-bond acceptors (Lipinski definition) is 3. The van der Waals surface area contributed by atoms with Crippen molar-refractivity contribution in [1.82, 2.24) is 9.78 Å². The summed E-state index contributed by atoms with van der Waals surface area (Å²) in [5.41, 5.74) is 0.377. The number of aliphatic hydroxyl groups is 1. The molecule has 0 amide bonds. The van der Waals surface area contributed by atoms with Crippen LogP contribution in [-0.4, -0.2) is 33.2 Å². The molecule has 0 aromatic carbocycles. The van der Waals surface area contributed by atoms with Crippen LogP contribution in [0.4, 0.5) is 0 Å². The molecule has 1 aliphatic rings. The van der Waals surface area contributed by atoms with E-state index in [1.54, 1.807) is 0 Å². The molecule has 1 heterocycles. The van der Waals surface area contributed by atoms with Gasteiger partial charge in [-0.2, -0.15) is 5.10 Å². The topological polar surface area (TPSA) is 47.3 Å². The SMILES string of the molecule is CCOC1CC(O)(Cc2ccn(C(C)CC)n2)C1. The number of aromatic nitrogens is 2. The number of nitrogens with zero attached hydrogens (tertiary/aromatic N) is 2. The third-order valence-electron chi connectivity index (χ3n) is 3.83. The summed E-state index contributed by atoms with van der Waals surface area (Å²) >= 11 is 0. The van der Waals surface area contributed by atoms with Crippen molar-refractivity contribution in [3.8, 4) is 0 Å². The van der Waals surface area contributed by atoms with E-state index in [2.05, 4.69) is 18.9 Å². The summed E-state index contributed by atoms with van der Waals surface area (Å²) in [5.74, 6) is 0. The highest BCUT2D eigenvalue weighted by atomic mass is 16.5. The molecule has 2 rings (SSSR count). The largest absolute Gasteiger partial charge is 0.389 e. The molecule has 4 nitrogen and oxygen atoms in total. The molecule has 18 heavy (non-hydrogen) atoms. The lowest BCUT2D eigenvalue weighted by molar-refractivity contribution is -0.136. The molecule has 0 bridgehead atoms. The highest BCUT2D eigenvalue weighted by molar-refractivity contribution is 5.09. The molecule has 0 radical (unpaired) electrons. The molecule has 1 aliphatic carbocycles. The maximum Gasteiger partial charge on any atom is 0.0753 e. The minimum Gasteiger partial charge on any atom is -0.389 e. The quantitative estimate of drug-likeness (QED) is 0.845. The van der Waals surface area contributed by atoms with E-state index in [-0.39, 0.29) is 6.10 Å². The van der Waals surface area contributed by atoms with Crippen LogP contribution >= 0.6 is 0 Å². The molecule has 1 aromatic heterocycles. The predicted octanol–water partition coefficient (Wildman–Crippen LogP) is 2.33. The van der Waals surface area contributed by atoms with Crippen LogP contribution in [0.2, 0.25) is 0 Å². The highest BCUT2D eigenvalue weighted by Crippen LogP contribution is 2.37. The zero-order valence-electron chi connectivity index (χ0n) is 11.6. The molecule has 1 N–H and O–H groups in total. The van der Waals surface area contributed by atoms with Crippen LogP contribution in [0.1, 0.15) is 51.8 Å². The first-order valence-corrected chi connectivity index (χ1v) is 6.94. The molecule has 1 unspecified atom stereocenters. The van der Waals surface area contributed by atoms with Gasteiger partial charge in [0.15, 0.2) is 0 Å². The molecular formula is C14H24N2O2. The first-order valence-electron chi connectivity index (χ1n) is 6.94. The summed E-state index contributed by atoms with van der Waals surface area (Å²) in [6.45, 7) is 7.02. The highest BCUT2D eigenvalue weighted by Gasteiger charge is 2.43. The standard InChI is InChI=1S/C14H24N2O2/c1-4-11(3)16-7-6-12(15-16)8-14(17)9-13(10-14)18-5-2/h6-7,11,13,17H,4-5,8-10H2,1-3H3. The van der Waals surface area contributed by atoms with E-state index in [0.717, 1.165) is 31.6 Å². The minimum absolute atomic E-state index is 0.233. The lowest BCUT2D eigenvalue weighted by Gasteiger charge is -2.42. The first kappa shape index (κ1) is 13.6. The summed E-state index contributed by atoms with van der Waals surface area (Å²) in [6.07, 6.45) is 5.41. The molecule has 0 spiro atoms. The Hall–Kier alpha value is -0.870. The number of rotatable bonds is 6. The van der Waals surface area contributed by atoms with Gasteiger partial charge in [-0.3, -0.25) is 4.68 Å². The van der Waals surface area contributed by atoms with Gasteiger partial charge in [-0.15, -0.1) is 0 Å². The van der Waals surface area contributed by atoms with Gasteiger partial charge in [0.25, 0.3) is 0 Å². The average molecular weight is 252 g/mol. The van der Waals surface area contributed by atoms with Crippen molar-refractivity contribution in [3.05, 3.63) is 18.0 Å². The average Bonchev–Trinajstić information content (AvgIpc) is 2.74. The second-order valence-electron chi connectivity index (χ2n) is 5.43. The third kappa shape index (κ3) is 2.93. The van der Waals surface area contributed by atoms with Gasteiger partial charge in [-0.1, -0.05) is 6.92 Å². The smallest absolute Gasteiger partial charge is 0.0753 e. The van der Waals surface area contributed by atoms with Crippen molar-refractivity contribution in [2.45, 2.75) is 64.2 Å². The van der Waals surface area contributed by atoms with Gasteiger partial charge in [0, 0.05) is 38.1 Å². The van der Waals surface area contributed by atoms with Crippen LogP contribution in [0.3, 0.4) is 0 Å². The Balaban J connectivity index is 1.89. The monoisotopic (exact) mass is 252 g/mol. The lowest BCUT2D eigenvalue weighted by Crippen LogP contribution is -2.50. The van der Waals surface area contributed by atoms with E-state index in [0.29, 0.717) is 12.5 Å². The normalized spacial score (nSPS) is 29.0. The molecule has 1 saturated carbocycles. The maximum atomic E-state index is 10.3. The second kappa shape index (κ2) is 5.41. The van der Waals surface area contributed by atoms with Gasteiger partial charge in [0.05, 0.1) is 17.4 Å². The van der Waals surface area contributed by atoms with Crippen molar-refractivity contribution < 1.29 is 9.84 Å². The summed E-state index contributed by atoms with van der Waals surface area (Å²) in [5, 5.41) is 14.9. The Morgan fingerprint density at radius 1 is 1.56 bits per heavy atom. The Morgan fingerprint density at radius 3 is 2.89 bits per heavy atom. The summed E-state index contributed by atoms with van der Waals surface area (Å²) in [7, 11) is 0. The van der Waals surface area contributed by atoms with Crippen molar-refractivity contribution >= 4 is 0 Å². The second-order valence-corrected chi connectivity index (χ2v) is 5.43. The van der Waals surface area contributed by atoms with Gasteiger partial charge in [-0.25, -0.2) is 0 Å². The fourth-order valence-corrected chi connectivity index (χ4v) is 2.53. The maximum absolute atomic E-state index is 10.3. The van der Waals surface area contributed by atoms with Crippen LogP contribution in [0, 0.1) is 0 Å². The fourth-order valence-electron chi connectivity index (χ4n) is 2.53. The summed E-state index contributed by atoms with van der Waals surface area (Å²) in [4.78, 5) is 0. The summed E-state index contributed by atoms with van der Waals surface area (Å²) < 4.78 is 7.47. The zero-order valence-corrected chi connectivity index (χ0v) is 11.6. The Bertz CT molecular complexity index is 383. The van der Waals surface area contributed by atoms with Crippen molar-refractivity contribution in [3.63, 3.8) is 0 Å². The van der Waals surface area contributed by atoms with Crippen LogP contribution in [0.5, 0.6) is 0 Å². The summed E-state index contributed by atoms with van der Waals surface area (Å²) in [6, 6.07) is 2.43. The van der Waals surface area contributed by atoms with Gasteiger partial charge in [0.1, 0.15) is 0 Å². The van der Waals surface area contributed by atoms with Crippen molar-refractivity contribution in [1.29, 1.82) is 0 Å². The van der Waals surface area contributed by atoms with E-state index < -0.39 is 5.60 Å². The van der Waals surface area contributed by atoms with Gasteiger partial charge >= 0.3 is 0 Å². The van der Waals surface area contributed by atoms with Crippen molar-refractivity contribution in [2.75, 3.05) is 6.61 Å². The molecule has 1 aromatic rings. The van der Waals surface area contributed by atoms with Crippen LogP contribution in [0.15, 0.2) is 12.3 Å². The zero-order chi connectivity index (χ0) is 13.2. The van der Waals surface area contributed by atoms with Crippen LogP contribution in [0.25, 0.3) is 0 Å². The van der Waals surface area contributed by atoms with Crippen LogP contribution in [-0.2, 0) is 11.2 Å². The fraction of sp³-hybridized carbons (Fsp3) is 0.786.